The summed E-state index contributed by atoms with van der Waals surface area (Å²) in [5.41, 5.74) is 0. The molecule has 1 unspecified atom stereocenters. The van der Waals surface area contributed by atoms with Crippen molar-refractivity contribution in [1.29, 1.82) is 0 Å². The van der Waals surface area contributed by atoms with Crippen molar-refractivity contribution in [2.75, 3.05) is 27.4 Å². The predicted molar refractivity (Wildman–Crippen MR) is 119 cm³/mol. The number of hydrogen-bond acceptors (Lipinski definition) is 4. The van der Waals surface area contributed by atoms with E-state index in [1.54, 1.807) is 0 Å². The van der Waals surface area contributed by atoms with Crippen molar-refractivity contribution in [3.8, 4) is 0 Å². The Balaban J connectivity index is 0. The molecular weight excluding hydrogens is 360 g/mol. The van der Waals surface area contributed by atoms with Gasteiger partial charge in [-0.3, -0.25) is 0 Å². The lowest BCUT2D eigenvalue weighted by molar-refractivity contribution is 0.119. The van der Waals surface area contributed by atoms with Crippen molar-refractivity contribution in [2.45, 2.75) is 104 Å². The standard InChI is InChI=1S/2C9H20O2Si.2CH4/c1-10-12(2,3)8-4-7-11-9-5-6-9;1-10-12(2,3)7-5-4-6-9-8-11-9;;/h2*9H,4-8H2,1-3H3;2*1H4. The lowest BCUT2D eigenvalue weighted by atomic mass is 10.2. The van der Waals surface area contributed by atoms with Crippen LogP contribution in [0.5, 0.6) is 0 Å². The maximum Gasteiger partial charge on any atom is 0.186 e. The van der Waals surface area contributed by atoms with Crippen LogP contribution in [0.2, 0.25) is 38.3 Å². The van der Waals surface area contributed by atoms with E-state index in [4.69, 9.17) is 18.3 Å². The van der Waals surface area contributed by atoms with E-state index >= 15 is 0 Å². The number of unbranched alkanes of at least 4 members (excludes halogenated alkanes) is 1. The van der Waals surface area contributed by atoms with E-state index in [-0.39, 0.29) is 14.9 Å². The van der Waals surface area contributed by atoms with E-state index in [0.717, 1.165) is 13.2 Å². The molecule has 0 aromatic carbocycles. The summed E-state index contributed by atoms with van der Waals surface area (Å²) >= 11 is 0. The Morgan fingerprint density at radius 2 is 1.35 bits per heavy atom. The third-order valence-electron chi connectivity index (χ3n) is 4.86. The summed E-state index contributed by atoms with van der Waals surface area (Å²) in [5.74, 6) is 0. The maximum absolute atomic E-state index is 5.56. The number of ether oxygens (including phenoxy) is 2. The summed E-state index contributed by atoms with van der Waals surface area (Å²) in [6.45, 7) is 11.0. The van der Waals surface area contributed by atoms with Gasteiger partial charge in [0.05, 0.1) is 18.8 Å². The van der Waals surface area contributed by atoms with E-state index in [1.165, 1.54) is 50.6 Å². The molecule has 1 saturated heterocycles. The molecule has 0 bridgehead atoms. The van der Waals surface area contributed by atoms with Crippen LogP contribution in [0.4, 0.5) is 0 Å². The van der Waals surface area contributed by atoms with E-state index < -0.39 is 16.6 Å². The smallest absolute Gasteiger partial charge is 0.186 e. The molecule has 1 aliphatic heterocycles. The quantitative estimate of drug-likeness (QED) is 0.223. The van der Waals surface area contributed by atoms with Crippen LogP contribution >= 0.6 is 0 Å². The third-order valence-corrected chi connectivity index (χ3v) is 10.2. The molecule has 1 saturated carbocycles. The number of rotatable bonds is 12. The Kier molecular flexibility index (Phi) is 15.7. The van der Waals surface area contributed by atoms with Crippen LogP contribution in [0.15, 0.2) is 0 Å². The lowest BCUT2D eigenvalue weighted by Crippen LogP contribution is -2.28. The van der Waals surface area contributed by atoms with E-state index in [9.17, 15) is 0 Å². The summed E-state index contributed by atoms with van der Waals surface area (Å²) in [6, 6.07) is 2.51. The van der Waals surface area contributed by atoms with Crippen molar-refractivity contribution in [3.63, 3.8) is 0 Å². The van der Waals surface area contributed by atoms with Crippen LogP contribution in [0.25, 0.3) is 0 Å². The molecule has 1 aliphatic carbocycles. The average molecular weight is 409 g/mol. The Morgan fingerprint density at radius 3 is 1.77 bits per heavy atom. The minimum Gasteiger partial charge on any atom is -0.420 e. The van der Waals surface area contributed by atoms with Gasteiger partial charge in [0.15, 0.2) is 16.6 Å². The molecule has 4 nitrogen and oxygen atoms in total. The molecule has 0 amide bonds. The van der Waals surface area contributed by atoms with Crippen molar-refractivity contribution < 1.29 is 18.3 Å². The molecule has 2 rings (SSSR count). The van der Waals surface area contributed by atoms with Crippen molar-refractivity contribution in [3.05, 3.63) is 0 Å². The first-order chi connectivity index (χ1) is 11.3. The normalized spacial score (nSPS) is 18.9. The molecule has 26 heavy (non-hydrogen) atoms. The van der Waals surface area contributed by atoms with E-state index in [2.05, 4.69) is 26.2 Å². The largest absolute Gasteiger partial charge is 0.420 e. The summed E-state index contributed by atoms with van der Waals surface area (Å²) < 4.78 is 21.6. The molecule has 6 heteroatoms. The molecule has 0 N–H and O–H groups in total. The molecule has 1 heterocycles. The van der Waals surface area contributed by atoms with Gasteiger partial charge in [-0.15, -0.1) is 0 Å². The minimum absolute atomic E-state index is 0. The van der Waals surface area contributed by atoms with Gasteiger partial charge in [-0.2, -0.15) is 0 Å². The zero-order valence-corrected chi connectivity index (χ0v) is 18.9. The summed E-state index contributed by atoms with van der Waals surface area (Å²) in [4.78, 5) is 0. The van der Waals surface area contributed by atoms with Gasteiger partial charge in [-0.1, -0.05) is 27.7 Å². The molecule has 0 radical (unpaired) electrons. The summed E-state index contributed by atoms with van der Waals surface area (Å²) in [7, 11) is 1.09. The Labute approximate surface area is 166 Å². The fourth-order valence-corrected chi connectivity index (χ4v) is 4.85. The first-order valence-electron chi connectivity index (χ1n) is 9.61. The zero-order chi connectivity index (χ0) is 18.1. The van der Waals surface area contributed by atoms with Crippen LogP contribution in [0, 0.1) is 0 Å². The number of epoxide rings is 1. The Hall–Kier alpha value is 0.274. The van der Waals surface area contributed by atoms with E-state index in [0.29, 0.717) is 12.2 Å². The van der Waals surface area contributed by atoms with Crippen LogP contribution in [-0.2, 0) is 18.3 Å². The first kappa shape index (κ1) is 28.5. The van der Waals surface area contributed by atoms with Crippen molar-refractivity contribution in [1.82, 2.24) is 0 Å². The van der Waals surface area contributed by atoms with Crippen LogP contribution < -0.4 is 0 Å². The highest BCUT2D eigenvalue weighted by atomic mass is 28.4. The van der Waals surface area contributed by atoms with Crippen LogP contribution in [-0.4, -0.2) is 56.3 Å². The van der Waals surface area contributed by atoms with Gasteiger partial charge in [0.2, 0.25) is 0 Å². The topological polar surface area (TPSA) is 40.2 Å². The zero-order valence-electron chi connectivity index (χ0n) is 16.9. The molecule has 2 aliphatic rings. The number of hydrogen-bond donors (Lipinski definition) is 0. The van der Waals surface area contributed by atoms with Gasteiger partial charge >= 0.3 is 0 Å². The fourth-order valence-electron chi connectivity index (χ4n) is 2.34. The Bertz CT molecular complexity index is 298. The van der Waals surface area contributed by atoms with Crippen molar-refractivity contribution in [2.24, 2.45) is 0 Å². The molecule has 2 fully saturated rings. The maximum atomic E-state index is 5.56. The van der Waals surface area contributed by atoms with Gasteiger partial charge < -0.3 is 18.3 Å². The molecule has 160 valence electrons. The van der Waals surface area contributed by atoms with Crippen LogP contribution in [0.3, 0.4) is 0 Å². The molecule has 1 atom stereocenters. The van der Waals surface area contributed by atoms with Gasteiger partial charge in [0.25, 0.3) is 0 Å². The second kappa shape index (κ2) is 14.3. The predicted octanol–water partition coefficient (Wildman–Crippen LogP) is 6.09. The SMILES string of the molecule is C.C.CO[Si](C)(C)CCCCC1CO1.CO[Si](C)(C)CCCOC1CC1. The highest BCUT2D eigenvalue weighted by Gasteiger charge is 2.24. The summed E-state index contributed by atoms with van der Waals surface area (Å²) in [6.07, 6.45) is 8.83. The molecular formula is C20H48O4Si2. The van der Waals surface area contributed by atoms with Crippen LogP contribution in [0.1, 0.15) is 53.4 Å². The van der Waals surface area contributed by atoms with Gasteiger partial charge in [0, 0.05) is 20.8 Å². The van der Waals surface area contributed by atoms with Gasteiger partial charge in [0.1, 0.15) is 0 Å². The van der Waals surface area contributed by atoms with Gasteiger partial charge in [-0.25, -0.2) is 0 Å². The van der Waals surface area contributed by atoms with E-state index in [1.807, 2.05) is 14.2 Å². The van der Waals surface area contributed by atoms with Gasteiger partial charge in [-0.05, 0) is 64.0 Å². The lowest BCUT2D eigenvalue weighted by Gasteiger charge is -2.19. The second-order valence-corrected chi connectivity index (χ2v) is 17.2. The third kappa shape index (κ3) is 16.4. The average Bonchev–Trinajstić information content (AvgIpc) is 3.44. The molecule has 0 spiro atoms. The highest BCUT2D eigenvalue weighted by Crippen LogP contribution is 2.24. The fraction of sp³-hybridized carbons (Fsp3) is 1.00. The Morgan fingerprint density at radius 1 is 0.846 bits per heavy atom. The molecule has 0 aromatic rings. The minimum atomic E-state index is -1.31. The molecule has 0 aromatic heterocycles. The summed E-state index contributed by atoms with van der Waals surface area (Å²) in [5, 5.41) is 0. The second-order valence-electron chi connectivity index (χ2n) is 8.30. The van der Waals surface area contributed by atoms with Crippen molar-refractivity contribution >= 4 is 16.6 Å². The monoisotopic (exact) mass is 408 g/mol. The highest BCUT2D eigenvalue weighted by molar-refractivity contribution is 6.71. The first-order valence-corrected chi connectivity index (χ1v) is 15.8.